The van der Waals surface area contributed by atoms with Gasteiger partial charge in [-0.1, -0.05) is 0 Å². The van der Waals surface area contributed by atoms with E-state index in [0.717, 1.165) is 17.6 Å². The molecule has 0 saturated carbocycles. The van der Waals surface area contributed by atoms with Crippen LogP contribution >= 0.6 is 23.1 Å². The van der Waals surface area contributed by atoms with E-state index in [-0.39, 0.29) is 6.42 Å². The first-order valence-electron chi connectivity index (χ1n) is 5.22. The molecule has 1 saturated heterocycles. The van der Waals surface area contributed by atoms with Crippen molar-refractivity contribution >= 4 is 34.2 Å². The zero-order valence-corrected chi connectivity index (χ0v) is 10.4. The molecule has 6 heteroatoms. The first-order chi connectivity index (χ1) is 7.74. The molecular weight excluding hydrogens is 244 g/mol. The van der Waals surface area contributed by atoms with Crippen molar-refractivity contribution in [3.63, 3.8) is 0 Å². The number of hydrogen-bond acceptors (Lipinski definition) is 5. The fourth-order valence-electron chi connectivity index (χ4n) is 1.60. The maximum Gasteiger partial charge on any atom is 0.309 e. The molecular formula is C10H14N2O2S2. The second-order valence-electron chi connectivity index (χ2n) is 3.83. The van der Waals surface area contributed by atoms with Gasteiger partial charge in [0.15, 0.2) is 5.13 Å². The number of hydrogen-bond donors (Lipinski definition) is 2. The van der Waals surface area contributed by atoms with Crippen LogP contribution in [0.1, 0.15) is 12.1 Å². The minimum Gasteiger partial charge on any atom is -0.481 e. The molecule has 2 rings (SSSR count). The summed E-state index contributed by atoms with van der Waals surface area (Å²) in [4.78, 5) is 14.7. The Morgan fingerprint density at radius 2 is 2.56 bits per heavy atom. The molecule has 0 aromatic carbocycles. The smallest absolute Gasteiger partial charge is 0.309 e. The van der Waals surface area contributed by atoms with Crippen LogP contribution in [-0.2, 0) is 11.2 Å². The van der Waals surface area contributed by atoms with Crippen molar-refractivity contribution < 1.29 is 9.90 Å². The molecule has 2 N–H and O–H groups in total. The summed E-state index contributed by atoms with van der Waals surface area (Å²) in [6, 6.07) is 0. The Bertz CT molecular complexity index is 361. The molecule has 16 heavy (non-hydrogen) atoms. The summed E-state index contributed by atoms with van der Waals surface area (Å²) in [6.07, 6.45) is 1.28. The molecule has 1 aromatic rings. The van der Waals surface area contributed by atoms with E-state index in [0.29, 0.717) is 5.69 Å². The maximum atomic E-state index is 10.5. The standard InChI is InChI=1S/C10H14N2O2S2/c13-9(14)3-8-6-16-10(12-8)11-4-7-1-2-15-5-7/h6-7H,1-5H2,(H,11,12)(H,13,14). The Kier molecular flexibility index (Phi) is 4.06. The topological polar surface area (TPSA) is 62.2 Å². The SMILES string of the molecule is O=C(O)Cc1csc(NCC2CCSC2)n1. The number of anilines is 1. The molecule has 1 aliphatic heterocycles. The van der Waals surface area contributed by atoms with Crippen molar-refractivity contribution in [1.82, 2.24) is 4.98 Å². The summed E-state index contributed by atoms with van der Waals surface area (Å²) in [5.74, 6) is 2.38. The van der Waals surface area contributed by atoms with Crippen LogP contribution in [0, 0.1) is 5.92 Å². The average Bonchev–Trinajstić information content (AvgIpc) is 2.84. The maximum absolute atomic E-state index is 10.5. The van der Waals surface area contributed by atoms with Crippen LogP contribution in [0.4, 0.5) is 5.13 Å². The van der Waals surface area contributed by atoms with E-state index >= 15 is 0 Å². The van der Waals surface area contributed by atoms with Crippen LogP contribution in [0.2, 0.25) is 0 Å². The van der Waals surface area contributed by atoms with Gasteiger partial charge in [0.2, 0.25) is 0 Å². The van der Waals surface area contributed by atoms with Crippen LogP contribution in [0.5, 0.6) is 0 Å². The van der Waals surface area contributed by atoms with Gasteiger partial charge >= 0.3 is 5.97 Å². The van der Waals surface area contributed by atoms with E-state index < -0.39 is 5.97 Å². The Balaban J connectivity index is 1.80. The number of nitrogens with one attached hydrogen (secondary N) is 1. The number of thiazole rings is 1. The Morgan fingerprint density at radius 1 is 1.69 bits per heavy atom. The van der Waals surface area contributed by atoms with Gasteiger partial charge in [-0.05, 0) is 23.8 Å². The summed E-state index contributed by atoms with van der Waals surface area (Å²) in [6.45, 7) is 0.951. The summed E-state index contributed by atoms with van der Waals surface area (Å²) < 4.78 is 0. The summed E-state index contributed by atoms with van der Waals surface area (Å²) in [7, 11) is 0. The molecule has 1 aromatic heterocycles. The third-order valence-electron chi connectivity index (χ3n) is 2.45. The van der Waals surface area contributed by atoms with Gasteiger partial charge in [0, 0.05) is 11.9 Å². The number of aliphatic carboxylic acids is 1. The minimum atomic E-state index is -0.830. The quantitative estimate of drug-likeness (QED) is 0.845. The van der Waals surface area contributed by atoms with Gasteiger partial charge in [-0.3, -0.25) is 4.79 Å². The highest BCUT2D eigenvalue weighted by molar-refractivity contribution is 7.99. The largest absolute Gasteiger partial charge is 0.481 e. The highest BCUT2D eigenvalue weighted by Crippen LogP contribution is 2.24. The predicted octanol–water partition coefficient (Wildman–Crippen LogP) is 1.94. The van der Waals surface area contributed by atoms with Gasteiger partial charge in [-0.2, -0.15) is 11.8 Å². The van der Waals surface area contributed by atoms with Crippen LogP contribution in [0.3, 0.4) is 0 Å². The van der Waals surface area contributed by atoms with Gasteiger partial charge in [-0.25, -0.2) is 4.98 Å². The van der Waals surface area contributed by atoms with Crippen LogP contribution < -0.4 is 5.32 Å². The van der Waals surface area contributed by atoms with E-state index in [2.05, 4.69) is 10.3 Å². The van der Waals surface area contributed by atoms with Crippen LogP contribution in [0.15, 0.2) is 5.38 Å². The van der Waals surface area contributed by atoms with E-state index in [9.17, 15) is 4.79 Å². The molecule has 4 nitrogen and oxygen atoms in total. The lowest BCUT2D eigenvalue weighted by atomic mass is 10.1. The van der Waals surface area contributed by atoms with Crippen molar-refractivity contribution in [2.45, 2.75) is 12.8 Å². The Labute approximate surface area is 102 Å². The van der Waals surface area contributed by atoms with Crippen molar-refractivity contribution in [2.75, 3.05) is 23.4 Å². The molecule has 0 radical (unpaired) electrons. The van der Waals surface area contributed by atoms with Crippen molar-refractivity contribution in [3.8, 4) is 0 Å². The average molecular weight is 258 g/mol. The van der Waals surface area contributed by atoms with Gasteiger partial charge in [0.25, 0.3) is 0 Å². The third-order valence-corrected chi connectivity index (χ3v) is 4.53. The second kappa shape index (κ2) is 5.54. The van der Waals surface area contributed by atoms with Gasteiger partial charge < -0.3 is 10.4 Å². The lowest BCUT2D eigenvalue weighted by molar-refractivity contribution is -0.136. The fraction of sp³-hybridized carbons (Fsp3) is 0.600. The Morgan fingerprint density at radius 3 is 3.25 bits per heavy atom. The molecule has 88 valence electrons. The van der Waals surface area contributed by atoms with E-state index in [1.807, 2.05) is 11.8 Å². The van der Waals surface area contributed by atoms with Crippen molar-refractivity contribution in [3.05, 3.63) is 11.1 Å². The molecule has 1 aliphatic rings. The predicted molar refractivity (Wildman–Crippen MR) is 67.4 cm³/mol. The third kappa shape index (κ3) is 3.38. The highest BCUT2D eigenvalue weighted by atomic mass is 32.2. The normalized spacial score (nSPS) is 19.9. The Hall–Kier alpha value is -0.750. The molecule has 0 aliphatic carbocycles. The van der Waals surface area contributed by atoms with Crippen LogP contribution in [-0.4, -0.2) is 34.1 Å². The van der Waals surface area contributed by atoms with Gasteiger partial charge in [0.05, 0.1) is 12.1 Å². The lowest BCUT2D eigenvalue weighted by Gasteiger charge is -2.07. The lowest BCUT2D eigenvalue weighted by Crippen LogP contribution is -2.13. The first-order valence-corrected chi connectivity index (χ1v) is 7.25. The zero-order chi connectivity index (χ0) is 11.4. The minimum absolute atomic E-state index is 0.0114. The fourth-order valence-corrected chi connectivity index (χ4v) is 3.61. The molecule has 1 atom stereocenters. The number of thioether (sulfide) groups is 1. The van der Waals surface area contributed by atoms with E-state index in [1.54, 1.807) is 5.38 Å². The number of nitrogens with zero attached hydrogens (tertiary/aromatic N) is 1. The number of carboxylic acids is 1. The monoisotopic (exact) mass is 258 g/mol. The summed E-state index contributed by atoms with van der Waals surface area (Å²) >= 11 is 3.48. The first kappa shape index (κ1) is 11.7. The number of carboxylic acid groups (broad SMARTS) is 1. The van der Waals surface area contributed by atoms with Crippen molar-refractivity contribution in [2.24, 2.45) is 5.92 Å². The molecule has 0 spiro atoms. The molecule has 0 amide bonds. The number of carbonyl (C=O) groups is 1. The summed E-state index contributed by atoms with van der Waals surface area (Å²) in [5.41, 5.74) is 0.640. The molecule has 1 fully saturated rings. The molecule has 1 unspecified atom stereocenters. The van der Waals surface area contributed by atoms with Gasteiger partial charge in [0.1, 0.15) is 0 Å². The number of rotatable bonds is 5. The van der Waals surface area contributed by atoms with Crippen molar-refractivity contribution in [1.29, 1.82) is 0 Å². The molecule has 2 heterocycles. The van der Waals surface area contributed by atoms with E-state index in [4.69, 9.17) is 5.11 Å². The van der Waals surface area contributed by atoms with Gasteiger partial charge in [-0.15, -0.1) is 11.3 Å². The second-order valence-corrected chi connectivity index (χ2v) is 5.83. The number of aromatic nitrogens is 1. The van der Waals surface area contributed by atoms with Crippen LogP contribution in [0.25, 0.3) is 0 Å². The zero-order valence-electron chi connectivity index (χ0n) is 8.81. The molecule has 0 bridgehead atoms. The van der Waals surface area contributed by atoms with E-state index in [1.165, 1.54) is 29.3 Å². The highest BCUT2D eigenvalue weighted by Gasteiger charge is 2.15. The summed E-state index contributed by atoms with van der Waals surface area (Å²) in [5, 5.41) is 14.5.